The molecule has 0 aliphatic rings. The van der Waals surface area contributed by atoms with Gasteiger partial charge in [0.05, 0.1) is 6.21 Å². The zero-order valence-electron chi connectivity index (χ0n) is 19.0. The number of carboxylic acids is 1. The van der Waals surface area contributed by atoms with Crippen molar-refractivity contribution >= 4 is 33.9 Å². The van der Waals surface area contributed by atoms with Crippen LogP contribution >= 0.6 is 0 Å². The number of fused-ring (bicyclic) bond motifs is 2. The molecule has 0 aliphatic heterocycles. The molecule has 0 fully saturated rings. The monoisotopic (exact) mass is 464 g/mol. The van der Waals surface area contributed by atoms with E-state index in [9.17, 15) is 4.79 Å². The zero-order chi connectivity index (χ0) is 24.0. The van der Waals surface area contributed by atoms with Crippen LogP contribution in [0.3, 0.4) is 0 Å². The molecule has 0 bridgehead atoms. The van der Waals surface area contributed by atoms with Crippen LogP contribution in [0.15, 0.2) is 102 Å². The summed E-state index contributed by atoms with van der Waals surface area (Å²) < 4.78 is 8.26. The summed E-state index contributed by atoms with van der Waals surface area (Å²) in [4.78, 5) is 15.6. The summed E-state index contributed by atoms with van der Waals surface area (Å²) >= 11 is 0. The molecule has 5 rings (SSSR count). The molecule has 0 radical (unpaired) electrons. The minimum absolute atomic E-state index is 0.451. The third-order valence-electron chi connectivity index (χ3n) is 5.75. The third-order valence-corrected chi connectivity index (χ3v) is 5.75. The molecule has 5 aromatic rings. The molecule has 1 heterocycles. The highest BCUT2D eigenvalue weighted by Gasteiger charge is 2.10. The van der Waals surface area contributed by atoms with Crippen LogP contribution in [0.4, 0.5) is 0 Å². The predicted octanol–water partition coefficient (Wildman–Crippen LogP) is 5.86. The maximum absolute atomic E-state index is 10.7. The Bertz CT molecular complexity index is 1510. The van der Waals surface area contributed by atoms with E-state index in [4.69, 9.17) is 14.7 Å². The first kappa shape index (κ1) is 22.2. The third kappa shape index (κ3) is 5.33. The van der Waals surface area contributed by atoms with E-state index in [1.54, 1.807) is 6.21 Å². The summed E-state index contributed by atoms with van der Waals surface area (Å²) in [5.41, 5.74) is 4.10. The normalized spacial score (nSPS) is 11.3. The van der Waals surface area contributed by atoms with Gasteiger partial charge in [-0.3, -0.25) is 0 Å². The van der Waals surface area contributed by atoms with Gasteiger partial charge in [-0.2, -0.15) is 0 Å². The largest absolute Gasteiger partial charge is 0.489 e. The van der Waals surface area contributed by atoms with Crippen molar-refractivity contribution < 1.29 is 19.5 Å². The average molecular weight is 465 g/mol. The van der Waals surface area contributed by atoms with Crippen molar-refractivity contribution in [2.75, 3.05) is 6.61 Å². The number of hydrogen-bond donors (Lipinski definition) is 1. The first-order valence-corrected chi connectivity index (χ1v) is 11.3. The van der Waals surface area contributed by atoms with Gasteiger partial charge < -0.3 is 19.2 Å². The summed E-state index contributed by atoms with van der Waals surface area (Å²) in [6, 6.07) is 30.7. The lowest BCUT2D eigenvalue weighted by molar-refractivity contribution is -0.142. The fourth-order valence-corrected chi connectivity index (χ4v) is 4.09. The molecule has 0 aliphatic carbocycles. The number of benzene rings is 4. The van der Waals surface area contributed by atoms with Gasteiger partial charge in [0, 0.05) is 29.2 Å². The van der Waals surface area contributed by atoms with Crippen LogP contribution in [-0.2, 0) is 22.8 Å². The summed E-state index contributed by atoms with van der Waals surface area (Å²) in [7, 11) is 0. The number of oxime groups is 1. The summed E-state index contributed by atoms with van der Waals surface area (Å²) in [6.07, 6.45) is 3.53. The molecular formula is C29H24N2O4. The number of carbonyl (C=O) groups is 1. The van der Waals surface area contributed by atoms with E-state index in [2.05, 4.69) is 52.2 Å². The number of hydrogen-bond acceptors (Lipinski definition) is 4. The van der Waals surface area contributed by atoms with Crippen LogP contribution < -0.4 is 4.74 Å². The van der Waals surface area contributed by atoms with Gasteiger partial charge >= 0.3 is 5.97 Å². The van der Waals surface area contributed by atoms with Gasteiger partial charge in [-0.1, -0.05) is 71.9 Å². The van der Waals surface area contributed by atoms with E-state index in [-0.39, 0.29) is 0 Å². The van der Waals surface area contributed by atoms with Crippen LogP contribution in [0.25, 0.3) is 21.7 Å². The maximum atomic E-state index is 10.7. The smallest absolute Gasteiger partial charge is 0.344 e. The zero-order valence-corrected chi connectivity index (χ0v) is 19.0. The maximum Gasteiger partial charge on any atom is 0.344 e. The lowest BCUT2D eigenvalue weighted by Gasteiger charge is -2.09. The van der Waals surface area contributed by atoms with E-state index in [0.29, 0.717) is 13.2 Å². The van der Waals surface area contributed by atoms with E-state index in [0.717, 1.165) is 27.8 Å². The number of ether oxygens (including phenoxy) is 1. The topological polar surface area (TPSA) is 73.0 Å². The van der Waals surface area contributed by atoms with Gasteiger partial charge in [-0.15, -0.1) is 0 Å². The molecule has 0 saturated carbocycles. The molecular weight excluding hydrogens is 440 g/mol. The SMILES string of the molecule is O=C(O)CO/N=C/c1cn(Cc2ccccc2)c2ccc(OCc3ccc4ccccc4c3)cc12. The molecule has 1 aromatic heterocycles. The molecule has 174 valence electrons. The van der Waals surface area contributed by atoms with Crippen molar-refractivity contribution in [1.82, 2.24) is 4.57 Å². The van der Waals surface area contributed by atoms with Crippen molar-refractivity contribution in [1.29, 1.82) is 0 Å². The van der Waals surface area contributed by atoms with Gasteiger partial charge in [0.2, 0.25) is 6.61 Å². The molecule has 0 spiro atoms. The van der Waals surface area contributed by atoms with Crippen LogP contribution in [0.2, 0.25) is 0 Å². The highest BCUT2D eigenvalue weighted by Crippen LogP contribution is 2.27. The molecule has 6 nitrogen and oxygen atoms in total. The second kappa shape index (κ2) is 10.1. The fraction of sp³-hybridized carbons (Fsp3) is 0.103. The predicted molar refractivity (Wildman–Crippen MR) is 137 cm³/mol. The van der Waals surface area contributed by atoms with Gasteiger partial charge in [-0.25, -0.2) is 4.79 Å². The van der Waals surface area contributed by atoms with Crippen molar-refractivity contribution in [3.05, 3.63) is 114 Å². The number of nitrogens with zero attached hydrogens (tertiary/aromatic N) is 2. The lowest BCUT2D eigenvalue weighted by atomic mass is 10.1. The van der Waals surface area contributed by atoms with E-state index in [1.165, 1.54) is 16.3 Å². The van der Waals surface area contributed by atoms with Crippen molar-refractivity contribution in [3.8, 4) is 5.75 Å². The Morgan fingerprint density at radius 2 is 1.69 bits per heavy atom. The van der Waals surface area contributed by atoms with Crippen LogP contribution in [0.5, 0.6) is 5.75 Å². The number of aromatic nitrogens is 1. The van der Waals surface area contributed by atoms with Crippen molar-refractivity contribution in [2.45, 2.75) is 13.2 Å². The highest BCUT2D eigenvalue weighted by molar-refractivity contribution is 6.00. The van der Waals surface area contributed by atoms with Crippen LogP contribution in [-0.4, -0.2) is 28.5 Å². The molecule has 0 amide bonds. The average Bonchev–Trinajstić information content (AvgIpc) is 3.22. The quantitative estimate of drug-likeness (QED) is 0.219. The van der Waals surface area contributed by atoms with E-state index in [1.807, 2.05) is 54.7 Å². The Morgan fingerprint density at radius 3 is 2.51 bits per heavy atom. The van der Waals surface area contributed by atoms with Crippen molar-refractivity contribution in [3.63, 3.8) is 0 Å². The second-order valence-electron chi connectivity index (χ2n) is 8.25. The minimum atomic E-state index is -1.07. The van der Waals surface area contributed by atoms with Crippen LogP contribution in [0.1, 0.15) is 16.7 Å². The summed E-state index contributed by atoms with van der Waals surface area (Å²) in [5, 5.41) is 16.0. The van der Waals surface area contributed by atoms with Gasteiger partial charge in [0.25, 0.3) is 0 Å². The number of carboxylic acid groups (broad SMARTS) is 1. The van der Waals surface area contributed by atoms with Gasteiger partial charge in [-0.05, 0) is 46.2 Å². The Kier molecular flexibility index (Phi) is 6.44. The lowest BCUT2D eigenvalue weighted by Crippen LogP contribution is -2.03. The van der Waals surface area contributed by atoms with Gasteiger partial charge in [0.15, 0.2) is 0 Å². The Morgan fingerprint density at radius 1 is 0.886 bits per heavy atom. The number of rotatable bonds is 9. The highest BCUT2D eigenvalue weighted by atomic mass is 16.6. The first-order valence-electron chi connectivity index (χ1n) is 11.3. The standard InChI is InChI=1S/C29H24N2O4/c32-29(33)20-35-30-16-25-18-31(17-21-6-2-1-3-7-21)28-13-12-26(15-27(25)28)34-19-22-10-11-23-8-4-5-9-24(23)14-22/h1-16,18H,17,19-20H2,(H,32,33)/b30-16+. The fourth-order valence-electron chi connectivity index (χ4n) is 4.09. The molecule has 1 N–H and O–H groups in total. The molecule has 35 heavy (non-hydrogen) atoms. The first-order chi connectivity index (χ1) is 17.2. The second-order valence-corrected chi connectivity index (χ2v) is 8.25. The summed E-state index contributed by atoms with van der Waals surface area (Å²) in [6.45, 7) is 0.657. The summed E-state index contributed by atoms with van der Waals surface area (Å²) in [5.74, 6) is -0.331. The molecule has 0 saturated heterocycles. The van der Waals surface area contributed by atoms with E-state index < -0.39 is 12.6 Å². The molecule has 0 unspecified atom stereocenters. The minimum Gasteiger partial charge on any atom is -0.489 e. The number of aliphatic carboxylic acids is 1. The van der Waals surface area contributed by atoms with Gasteiger partial charge in [0.1, 0.15) is 12.4 Å². The van der Waals surface area contributed by atoms with Crippen LogP contribution in [0, 0.1) is 0 Å². The molecule has 6 heteroatoms. The Hall–Kier alpha value is -4.58. The molecule has 0 atom stereocenters. The Balaban J connectivity index is 1.41. The van der Waals surface area contributed by atoms with Crippen molar-refractivity contribution in [2.24, 2.45) is 5.16 Å². The van der Waals surface area contributed by atoms with E-state index >= 15 is 0 Å². The molecule has 4 aromatic carbocycles. The Labute approximate surface area is 202 Å².